The fourth-order valence-corrected chi connectivity index (χ4v) is 3.59. The van der Waals surface area contributed by atoms with E-state index in [-0.39, 0.29) is 31.0 Å². The molecule has 0 atom stereocenters. The summed E-state index contributed by atoms with van der Waals surface area (Å²) in [5.41, 5.74) is -0.394. The van der Waals surface area contributed by atoms with E-state index in [2.05, 4.69) is 0 Å². The lowest BCUT2D eigenvalue weighted by molar-refractivity contribution is 0.00571. The summed E-state index contributed by atoms with van der Waals surface area (Å²) in [6, 6.07) is 3.83. The first-order valence-corrected chi connectivity index (χ1v) is 8.09. The smallest absolute Gasteiger partial charge is 0.276 e. The van der Waals surface area contributed by atoms with Gasteiger partial charge in [0.2, 0.25) is 0 Å². The molecule has 0 amide bonds. The van der Waals surface area contributed by atoms with E-state index in [0.29, 0.717) is 18.4 Å². The molecule has 0 aliphatic carbocycles. The zero-order valence-electron chi connectivity index (χ0n) is 11.2. The Hall–Kier alpha value is -1.51. The predicted octanol–water partition coefficient (Wildman–Crippen LogP) is 0.829. The molecule has 3 rings (SSSR count). The Balaban J connectivity index is 1.85. The van der Waals surface area contributed by atoms with Gasteiger partial charge in [-0.25, -0.2) is 9.53 Å². The quantitative estimate of drug-likeness (QED) is 0.831. The summed E-state index contributed by atoms with van der Waals surface area (Å²) in [7, 11) is -3.73. The van der Waals surface area contributed by atoms with Crippen LogP contribution in [0.25, 0.3) is 0 Å². The first-order valence-electron chi connectivity index (χ1n) is 6.59. The lowest BCUT2D eigenvalue weighted by atomic mass is 9.83. The van der Waals surface area contributed by atoms with E-state index in [1.165, 1.54) is 18.2 Å². The summed E-state index contributed by atoms with van der Waals surface area (Å²) in [5.74, 6) is -0.351. The largest absolute Gasteiger partial charge is 0.486 e. The number of rotatable bonds is 1. The van der Waals surface area contributed by atoms with E-state index >= 15 is 0 Å². The molecule has 0 aromatic heterocycles. The zero-order valence-corrected chi connectivity index (χ0v) is 12.0. The van der Waals surface area contributed by atoms with E-state index in [9.17, 15) is 17.6 Å². The number of nitrogens with two attached hydrogens (primary N) is 1. The Morgan fingerprint density at radius 1 is 1.29 bits per heavy atom. The fraction of sp³-hybridized carbons (Fsp3) is 0.462. The van der Waals surface area contributed by atoms with Crippen LogP contribution in [-0.2, 0) is 10.2 Å². The van der Waals surface area contributed by atoms with Gasteiger partial charge < -0.3 is 4.74 Å². The summed E-state index contributed by atoms with van der Waals surface area (Å²) in [6.07, 6.45) is 0.875. The van der Waals surface area contributed by atoms with E-state index in [0.717, 1.165) is 4.31 Å². The van der Waals surface area contributed by atoms with Crippen LogP contribution in [0.15, 0.2) is 18.2 Å². The molecule has 0 saturated carbocycles. The molecular weight excluding hydrogens is 299 g/mol. The molecule has 114 valence electrons. The van der Waals surface area contributed by atoms with Gasteiger partial charge in [-0.05, 0) is 12.1 Å². The molecule has 2 aliphatic rings. The Morgan fingerprint density at radius 3 is 2.57 bits per heavy atom. The lowest BCUT2D eigenvalue weighted by Gasteiger charge is -2.43. The molecule has 0 radical (unpaired) electrons. The van der Waals surface area contributed by atoms with Crippen LogP contribution in [0.2, 0.25) is 0 Å². The number of nitrogens with zero attached hydrogens (tertiary/aromatic N) is 1. The average Bonchev–Trinajstić information content (AvgIpc) is 2.37. The topological polar surface area (TPSA) is 89.7 Å². The van der Waals surface area contributed by atoms with Gasteiger partial charge in [0.05, 0.1) is 12.0 Å². The number of hydrogen-bond acceptors (Lipinski definition) is 4. The monoisotopic (exact) mass is 314 g/mol. The van der Waals surface area contributed by atoms with Crippen LogP contribution >= 0.6 is 0 Å². The summed E-state index contributed by atoms with van der Waals surface area (Å²) in [6.45, 7) is 0.382. The van der Waals surface area contributed by atoms with Crippen molar-refractivity contribution in [2.45, 2.75) is 24.9 Å². The fourth-order valence-electron chi connectivity index (χ4n) is 2.90. The molecule has 2 heterocycles. The minimum absolute atomic E-state index is 0.111. The van der Waals surface area contributed by atoms with Gasteiger partial charge in [-0.3, -0.25) is 4.79 Å². The number of benzene rings is 1. The normalized spacial score (nSPS) is 21.9. The number of ether oxygens (including phenoxy) is 1. The summed E-state index contributed by atoms with van der Waals surface area (Å²) < 4.78 is 42.9. The molecule has 21 heavy (non-hydrogen) atoms. The maximum Gasteiger partial charge on any atom is 0.276 e. The third-order valence-corrected chi connectivity index (χ3v) is 5.13. The molecule has 1 aromatic rings. The lowest BCUT2D eigenvalue weighted by Crippen LogP contribution is -2.53. The van der Waals surface area contributed by atoms with Crippen molar-refractivity contribution < 1.29 is 22.3 Å². The van der Waals surface area contributed by atoms with Crippen LogP contribution in [0.4, 0.5) is 4.39 Å². The van der Waals surface area contributed by atoms with Crippen molar-refractivity contribution in [3.8, 4) is 5.75 Å². The van der Waals surface area contributed by atoms with Crippen LogP contribution < -0.4 is 9.88 Å². The van der Waals surface area contributed by atoms with Gasteiger partial charge in [0, 0.05) is 32.0 Å². The maximum absolute atomic E-state index is 13.3. The van der Waals surface area contributed by atoms with E-state index in [1.807, 2.05) is 0 Å². The number of fused-ring (bicyclic) bond motifs is 1. The van der Waals surface area contributed by atoms with Crippen molar-refractivity contribution in [1.82, 2.24) is 4.31 Å². The van der Waals surface area contributed by atoms with Crippen molar-refractivity contribution in [1.29, 1.82) is 0 Å². The van der Waals surface area contributed by atoms with E-state index in [1.54, 1.807) is 0 Å². The van der Waals surface area contributed by atoms with Crippen LogP contribution in [-0.4, -0.2) is 37.2 Å². The number of halogens is 1. The van der Waals surface area contributed by atoms with Gasteiger partial charge in [-0.1, -0.05) is 0 Å². The molecule has 6 nitrogen and oxygen atoms in total. The molecule has 0 bridgehead atoms. The highest BCUT2D eigenvalue weighted by atomic mass is 32.2. The van der Waals surface area contributed by atoms with Crippen molar-refractivity contribution >= 4 is 16.0 Å². The van der Waals surface area contributed by atoms with E-state index < -0.39 is 21.6 Å². The second-order valence-corrected chi connectivity index (χ2v) is 7.02. The number of carbonyl (C=O) groups is 1. The molecule has 1 fully saturated rings. The van der Waals surface area contributed by atoms with Crippen LogP contribution in [0.3, 0.4) is 0 Å². The Morgan fingerprint density at radius 2 is 1.95 bits per heavy atom. The highest BCUT2D eigenvalue weighted by molar-refractivity contribution is 7.86. The van der Waals surface area contributed by atoms with Gasteiger partial charge in [-0.2, -0.15) is 12.7 Å². The standard InChI is InChI=1S/C13H15FN2O4S/c14-9-1-2-10-11(17)8-13(20-12(10)7-9)3-5-16(6-4-13)21(15,18)19/h1-2,7H,3-6,8H2,(H2,15,18,19). The van der Waals surface area contributed by atoms with Gasteiger partial charge in [0.1, 0.15) is 17.2 Å². The van der Waals surface area contributed by atoms with Gasteiger partial charge in [0.15, 0.2) is 5.78 Å². The number of ketones is 1. The Kier molecular flexibility index (Phi) is 3.27. The molecule has 1 saturated heterocycles. The summed E-state index contributed by atoms with van der Waals surface area (Å²) in [4.78, 5) is 12.2. The number of Topliss-reactive ketones (excluding diaryl/α,β-unsaturated/α-hetero) is 1. The molecule has 0 unspecified atom stereocenters. The molecule has 2 aliphatic heterocycles. The summed E-state index contributed by atoms with van der Waals surface area (Å²) in [5, 5.41) is 5.09. The van der Waals surface area contributed by atoms with Crippen molar-refractivity contribution in [3.63, 3.8) is 0 Å². The first kappa shape index (κ1) is 14.4. The third kappa shape index (κ3) is 2.66. The zero-order chi connectivity index (χ0) is 15.3. The second kappa shape index (κ2) is 4.75. The second-order valence-electron chi connectivity index (χ2n) is 5.47. The average molecular weight is 314 g/mol. The third-order valence-electron chi connectivity index (χ3n) is 4.05. The SMILES string of the molecule is NS(=O)(=O)N1CCC2(CC1)CC(=O)c1ccc(F)cc1O2. The summed E-state index contributed by atoms with van der Waals surface area (Å²) >= 11 is 0. The van der Waals surface area contributed by atoms with Gasteiger partial charge >= 0.3 is 0 Å². The molecule has 8 heteroatoms. The number of hydrogen-bond donors (Lipinski definition) is 1. The maximum atomic E-state index is 13.3. The molecule has 1 aromatic carbocycles. The van der Waals surface area contributed by atoms with Crippen molar-refractivity contribution in [2.75, 3.05) is 13.1 Å². The highest BCUT2D eigenvalue weighted by Crippen LogP contribution is 2.39. The van der Waals surface area contributed by atoms with Crippen molar-refractivity contribution in [2.24, 2.45) is 5.14 Å². The van der Waals surface area contributed by atoms with Crippen LogP contribution in [0.5, 0.6) is 5.75 Å². The van der Waals surface area contributed by atoms with Crippen LogP contribution in [0.1, 0.15) is 29.6 Å². The molecule has 1 spiro atoms. The Labute approximate surface area is 121 Å². The molecule has 2 N–H and O–H groups in total. The van der Waals surface area contributed by atoms with Gasteiger partial charge in [0.25, 0.3) is 10.2 Å². The number of piperidine rings is 1. The predicted molar refractivity (Wildman–Crippen MR) is 72.6 cm³/mol. The number of carbonyl (C=O) groups excluding carboxylic acids is 1. The molecular formula is C13H15FN2O4S. The van der Waals surface area contributed by atoms with Crippen molar-refractivity contribution in [3.05, 3.63) is 29.6 Å². The Bertz CT molecular complexity index is 696. The van der Waals surface area contributed by atoms with E-state index in [4.69, 9.17) is 9.88 Å². The van der Waals surface area contributed by atoms with Gasteiger partial charge in [-0.15, -0.1) is 0 Å². The van der Waals surface area contributed by atoms with Crippen LogP contribution in [0, 0.1) is 5.82 Å². The highest BCUT2D eigenvalue weighted by Gasteiger charge is 2.44. The minimum atomic E-state index is -3.73. The first-order chi connectivity index (χ1) is 9.79. The minimum Gasteiger partial charge on any atom is -0.486 e.